The number of hydrogen-bond acceptors (Lipinski definition) is 2. The molecule has 1 aliphatic heterocycles. The molecule has 1 saturated carbocycles. The Bertz CT molecular complexity index is 912. The van der Waals surface area contributed by atoms with Gasteiger partial charge in [0.15, 0.2) is 0 Å². The Labute approximate surface area is 159 Å². The van der Waals surface area contributed by atoms with Crippen LogP contribution in [0.15, 0.2) is 54.7 Å². The van der Waals surface area contributed by atoms with Crippen LogP contribution in [0.5, 0.6) is 0 Å². The molecular formula is C23H26FN3. The van der Waals surface area contributed by atoms with Gasteiger partial charge in [-0.05, 0) is 61.1 Å². The van der Waals surface area contributed by atoms with E-state index in [1.807, 2.05) is 6.07 Å². The predicted octanol–water partition coefficient (Wildman–Crippen LogP) is 4.77. The standard InChI is InChI=1S/C23H26FN3/c24-18-7-9-23-21(15-18)22(16-25-23)17-6-8-20(14-17)27-12-10-26(11-13-27)19-4-2-1-3-5-19/h1-5,7,9,15-17,20,25H,6,8,10-14H2. The summed E-state index contributed by atoms with van der Waals surface area (Å²) >= 11 is 0. The van der Waals surface area contributed by atoms with Crippen LogP contribution >= 0.6 is 0 Å². The summed E-state index contributed by atoms with van der Waals surface area (Å²) in [5, 5.41) is 1.06. The summed E-state index contributed by atoms with van der Waals surface area (Å²) < 4.78 is 13.7. The Morgan fingerprint density at radius 3 is 2.56 bits per heavy atom. The van der Waals surface area contributed by atoms with Crippen LogP contribution in [-0.4, -0.2) is 42.1 Å². The normalized spacial score (nSPS) is 24.0. The Morgan fingerprint density at radius 1 is 0.926 bits per heavy atom. The van der Waals surface area contributed by atoms with Crippen molar-refractivity contribution in [3.05, 3.63) is 66.1 Å². The maximum absolute atomic E-state index is 13.7. The number of aromatic amines is 1. The fourth-order valence-corrected chi connectivity index (χ4v) is 5.01. The molecule has 1 N–H and O–H groups in total. The van der Waals surface area contributed by atoms with Crippen molar-refractivity contribution in [1.29, 1.82) is 0 Å². The van der Waals surface area contributed by atoms with E-state index in [1.165, 1.54) is 36.6 Å². The van der Waals surface area contributed by atoms with E-state index in [9.17, 15) is 4.39 Å². The molecule has 5 rings (SSSR count). The maximum atomic E-state index is 13.7. The zero-order valence-corrected chi connectivity index (χ0v) is 15.6. The van der Waals surface area contributed by atoms with Gasteiger partial charge >= 0.3 is 0 Å². The highest BCUT2D eigenvalue weighted by molar-refractivity contribution is 5.83. The van der Waals surface area contributed by atoms with Gasteiger partial charge in [-0.1, -0.05) is 18.2 Å². The number of nitrogens with zero attached hydrogens (tertiary/aromatic N) is 2. The monoisotopic (exact) mass is 363 g/mol. The second-order valence-corrected chi connectivity index (χ2v) is 7.96. The van der Waals surface area contributed by atoms with Crippen molar-refractivity contribution < 1.29 is 4.39 Å². The molecule has 2 aromatic carbocycles. The van der Waals surface area contributed by atoms with E-state index < -0.39 is 0 Å². The lowest BCUT2D eigenvalue weighted by molar-refractivity contribution is 0.186. The summed E-state index contributed by atoms with van der Waals surface area (Å²) in [6.45, 7) is 4.47. The SMILES string of the molecule is Fc1ccc2[nH]cc(C3CCC(N4CCN(c5ccccc5)CC4)C3)c2c1. The number of halogens is 1. The second-order valence-electron chi connectivity index (χ2n) is 7.96. The Morgan fingerprint density at radius 2 is 1.74 bits per heavy atom. The zero-order chi connectivity index (χ0) is 18.2. The van der Waals surface area contributed by atoms with E-state index >= 15 is 0 Å². The first-order valence-corrected chi connectivity index (χ1v) is 10.1. The van der Waals surface area contributed by atoms with Crippen LogP contribution < -0.4 is 4.90 Å². The summed E-state index contributed by atoms with van der Waals surface area (Å²) in [5.74, 6) is 0.396. The number of anilines is 1. The average Bonchev–Trinajstić information content (AvgIpc) is 3.35. The third-order valence-corrected chi connectivity index (χ3v) is 6.47. The molecule has 0 amide bonds. The van der Waals surface area contributed by atoms with Crippen molar-refractivity contribution in [3.63, 3.8) is 0 Å². The summed E-state index contributed by atoms with van der Waals surface area (Å²) in [7, 11) is 0. The third-order valence-electron chi connectivity index (χ3n) is 6.47. The van der Waals surface area contributed by atoms with Gasteiger partial charge in [0.25, 0.3) is 0 Å². The van der Waals surface area contributed by atoms with Gasteiger partial charge in [0.05, 0.1) is 0 Å². The van der Waals surface area contributed by atoms with Crippen LogP contribution in [0.4, 0.5) is 10.1 Å². The number of aromatic nitrogens is 1. The fraction of sp³-hybridized carbons (Fsp3) is 0.391. The first-order valence-electron chi connectivity index (χ1n) is 10.1. The first-order chi connectivity index (χ1) is 13.3. The number of benzene rings is 2. The maximum Gasteiger partial charge on any atom is 0.123 e. The minimum atomic E-state index is -0.144. The molecule has 0 spiro atoms. The molecule has 2 fully saturated rings. The van der Waals surface area contributed by atoms with Gasteiger partial charge < -0.3 is 9.88 Å². The van der Waals surface area contributed by atoms with E-state index in [4.69, 9.17) is 0 Å². The molecule has 1 aromatic heterocycles. The first kappa shape index (κ1) is 16.8. The van der Waals surface area contributed by atoms with Crippen LogP contribution in [0.3, 0.4) is 0 Å². The van der Waals surface area contributed by atoms with Crippen LogP contribution in [0.25, 0.3) is 10.9 Å². The van der Waals surface area contributed by atoms with Crippen LogP contribution in [-0.2, 0) is 0 Å². The minimum Gasteiger partial charge on any atom is -0.369 e. The molecule has 0 bridgehead atoms. The molecule has 2 unspecified atom stereocenters. The fourth-order valence-electron chi connectivity index (χ4n) is 5.01. The van der Waals surface area contributed by atoms with Crippen LogP contribution in [0, 0.1) is 5.82 Å². The van der Waals surface area contributed by atoms with E-state index in [2.05, 4.69) is 51.3 Å². The van der Waals surface area contributed by atoms with Gasteiger partial charge in [-0.3, -0.25) is 4.90 Å². The van der Waals surface area contributed by atoms with Crippen LogP contribution in [0.2, 0.25) is 0 Å². The van der Waals surface area contributed by atoms with E-state index in [-0.39, 0.29) is 5.82 Å². The summed E-state index contributed by atoms with van der Waals surface area (Å²) in [5.41, 5.74) is 3.68. The van der Waals surface area contributed by atoms with Gasteiger partial charge in [-0.15, -0.1) is 0 Å². The molecule has 3 aromatic rings. The smallest absolute Gasteiger partial charge is 0.123 e. The second kappa shape index (κ2) is 7.01. The molecule has 140 valence electrons. The van der Waals surface area contributed by atoms with Crippen molar-refractivity contribution in [1.82, 2.24) is 9.88 Å². The number of nitrogens with one attached hydrogen (secondary N) is 1. The Balaban J connectivity index is 1.24. The zero-order valence-electron chi connectivity index (χ0n) is 15.6. The lowest BCUT2D eigenvalue weighted by Crippen LogP contribution is -2.49. The van der Waals surface area contributed by atoms with Crippen molar-refractivity contribution in [2.45, 2.75) is 31.2 Å². The van der Waals surface area contributed by atoms with Gasteiger partial charge in [0, 0.05) is 55.0 Å². The summed E-state index contributed by atoms with van der Waals surface area (Å²) in [6.07, 6.45) is 5.74. The molecule has 1 saturated heterocycles. The molecule has 2 heterocycles. The molecule has 0 radical (unpaired) electrons. The Hall–Kier alpha value is -2.33. The van der Waals surface area contributed by atoms with Crippen molar-refractivity contribution in [3.8, 4) is 0 Å². The average molecular weight is 363 g/mol. The van der Waals surface area contributed by atoms with Gasteiger partial charge in [0.2, 0.25) is 0 Å². The van der Waals surface area contributed by atoms with Gasteiger partial charge in [-0.2, -0.15) is 0 Å². The van der Waals surface area contributed by atoms with Crippen molar-refractivity contribution in [2.24, 2.45) is 0 Å². The van der Waals surface area contributed by atoms with Crippen molar-refractivity contribution >= 4 is 16.6 Å². The molecular weight excluding hydrogens is 337 g/mol. The number of hydrogen-bond donors (Lipinski definition) is 1. The largest absolute Gasteiger partial charge is 0.369 e. The molecule has 3 nitrogen and oxygen atoms in total. The topological polar surface area (TPSA) is 22.3 Å². The van der Waals surface area contributed by atoms with Gasteiger partial charge in [-0.25, -0.2) is 4.39 Å². The van der Waals surface area contributed by atoms with E-state index in [1.54, 1.807) is 6.07 Å². The van der Waals surface area contributed by atoms with E-state index in [0.29, 0.717) is 12.0 Å². The molecule has 4 heteroatoms. The van der Waals surface area contributed by atoms with Gasteiger partial charge in [0.1, 0.15) is 5.82 Å². The number of rotatable bonds is 3. The highest BCUT2D eigenvalue weighted by Gasteiger charge is 2.32. The molecule has 1 aliphatic carbocycles. The number of H-pyrrole nitrogens is 1. The Kier molecular flexibility index (Phi) is 4.36. The predicted molar refractivity (Wildman–Crippen MR) is 109 cm³/mol. The molecule has 27 heavy (non-hydrogen) atoms. The van der Waals surface area contributed by atoms with E-state index in [0.717, 1.165) is 37.1 Å². The lowest BCUT2D eigenvalue weighted by atomic mass is 9.96. The lowest BCUT2D eigenvalue weighted by Gasteiger charge is -2.39. The summed E-state index contributed by atoms with van der Waals surface area (Å²) in [4.78, 5) is 8.49. The minimum absolute atomic E-state index is 0.144. The van der Waals surface area contributed by atoms with Crippen molar-refractivity contribution in [2.75, 3.05) is 31.1 Å². The molecule has 2 aliphatic rings. The quantitative estimate of drug-likeness (QED) is 0.724. The third kappa shape index (κ3) is 3.23. The number of fused-ring (bicyclic) bond motifs is 1. The number of piperazine rings is 1. The summed E-state index contributed by atoms with van der Waals surface area (Å²) in [6, 6.07) is 16.5. The number of para-hydroxylation sites is 1. The molecule has 2 atom stereocenters. The highest BCUT2D eigenvalue weighted by atomic mass is 19.1. The highest BCUT2D eigenvalue weighted by Crippen LogP contribution is 2.40. The van der Waals surface area contributed by atoms with Crippen LogP contribution in [0.1, 0.15) is 30.7 Å².